The number of benzene rings is 5. The molecular formula is C62H76F3N5. The average Bonchev–Trinajstić information content (AvgIpc) is 4.03. The Kier molecular flexibility index (Phi) is 14.1. The lowest BCUT2D eigenvalue weighted by Gasteiger charge is -2.48. The number of fused-ring (bicyclic) bond motifs is 2. The lowest BCUT2D eigenvalue weighted by Crippen LogP contribution is -2.60. The average molecular weight is 948 g/mol. The van der Waals surface area contributed by atoms with Crippen LogP contribution in [0.15, 0.2) is 97.1 Å². The Morgan fingerprint density at radius 2 is 1.00 bits per heavy atom. The molecule has 0 aliphatic heterocycles. The summed E-state index contributed by atoms with van der Waals surface area (Å²) in [6.07, 6.45) is 27.5. The monoisotopic (exact) mass is 948 g/mol. The molecule has 5 aromatic carbocycles. The summed E-state index contributed by atoms with van der Waals surface area (Å²) in [5, 5.41) is 6.39. The van der Waals surface area contributed by atoms with Crippen LogP contribution in [0.25, 0.3) is 0 Å². The zero-order chi connectivity index (χ0) is 47.6. The van der Waals surface area contributed by atoms with E-state index in [0.717, 1.165) is 150 Å². The molecule has 0 amide bonds. The first-order chi connectivity index (χ1) is 34.3. The second-order valence-electron chi connectivity index (χ2n) is 22.6. The highest BCUT2D eigenvalue weighted by atomic mass is 19.1. The van der Waals surface area contributed by atoms with Gasteiger partial charge >= 0.3 is 0 Å². The van der Waals surface area contributed by atoms with Gasteiger partial charge in [0.1, 0.15) is 17.5 Å². The summed E-state index contributed by atoms with van der Waals surface area (Å²) in [6.45, 7) is 2.23. The van der Waals surface area contributed by atoms with Gasteiger partial charge in [0, 0.05) is 11.6 Å². The Balaban J connectivity index is 1.21. The molecule has 0 heterocycles. The van der Waals surface area contributed by atoms with Crippen LogP contribution in [0, 0.1) is 30.3 Å². The van der Waals surface area contributed by atoms with Crippen molar-refractivity contribution in [2.45, 2.75) is 197 Å². The van der Waals surface area contributed by atoms with Crippen molar-refractivity contribution in [2.75, 3.05) is 26.2 Å². The number of aryl methyl sites for hydroxylation is 1. The highest BCUT2D eigenvalue weighted by Crippen LogP contribution is 2.57. The molecule has 0 aromatic heterocycles. The normalized spacial score (nSPS) is 22.5. The van der Waals surface area contributed by atoms with E-state index in [4.69, 9.17) is 0 Å². The van der Waals surface area contributed by atoms with Crippen LogP contribution in [-0.4, -0.2) is 0 Å². The van der Waals surface area contributed by atoms with Crippen molar-refractivity contribution in [3.8, 4) is 0 Å². The van der Waals surface area contributed by atoms with E-state index in [1.165, 1.54) is 61.6 Å². The maximum Gasteiger partial charge on any atom is 0.128 e. The second-order valence-corrected chi connectivity index (χ2v) is 22.6. The molecule has 2 N–H and O–H groups in total. The number of halogens is 3. The molecule has 0 unspecified atom stereocenters. The maximum absolute atomic E-state index is 17.4. The van der Waals surface area contributed by atoms with E-state index in [9.17, 15) is 0 Å². The van der Waals surface area contributed by atoms with Crippen LogP contribution in [0.1, 0.15) is 218 Å². The highest BCUT2D eigenvalue weighted by molar-refractivity contribution is 5.76. The number of hydrazine groups is 4. The minimum atomic E-state index is -0.320. The van der Waals surface area contributed by atoms with Gasteiger partial charge in [-0.25, -0.2) is 13.2 Å². The molecular weight excluding hydrogens is 872 g/mol. The third kappa shape index (κ3) is 9.54. The van der Waals surface area contributed by atoms with Gasteiger partial charge in [0.15, 0.2) is 0 Å². The predicted molar refractivity (Wildman–Crippen MR) is 283 cm³/mol. The van der Waals surface area contributed by atoms with Crippen LogP contribution in [0.3, 0.4) is 0 Å². The zero-order valence-electron chi connectivity index (χ0n) is 41.8. The SMILES string of the molecule is Cc1cccc(NN(c2cc(F)ccc2C2CCCCC2)N(c2ccc(F)cc2C2CCCCC2)N(Nc2ccccc2C23CCC(CC2)C3)c2cccc(F)c2C2CCCCC2)c1C1CCCCC1. The Morgan fingerprint density at radius 3 is 1.66 bits per heavy atom. The van der Waals surface area contributed by atoms with E-state index in [2.05, 4.69) is 81.7 Å². The zero-order valence-corrected chi connectivity index (χ0v) is 41.8. The van der Waals surface area contributed by atoms with Gasteiger partial charge in [-0.3, -0.25) is 10.9 Å². The molecule has 5 nitrogen and oxygen atoms in total. The van der Waals surface area contributed by atoms with E-state index in [1.54, 1.807) is 30.3 Å². The summed E-state index contributed by atoms with van der Waals surface area (Å²) in [5.41, 5.74) is 19.0. The smallest absolute Gasteiger partial charge is 0.128 e. The van der Waals surface area contributed by atoms with Crippen molar-refractivity contribution in [1.82, 2.24) is 0 Å². The number of nitrogens with one attached hydrogen (secondary N) is 2. The Labute approximate surface area is 416 Å². The minimum Gasteiger partial charge on any atom is -0.278 e. The molecule has 0 radical (unpaired) electrons. The molecule has 6 saturated carbocycles. The van der Waals surface area contributed by atoms with Crippen LogP contribution in [0.4, 0.5) is 41.6 Å². The molecule has 70 heavy (non-hydrogen) atoms. The number of hydrogen-bond acceptors (Lipinski definition) is 5. The number of nitrogens with zero attached hydrogens (tertiary/aromatic N) is 3. The summed E-state index contributed by atoms with van der Waals surface area (Å²) >= 11 is 0. The van der Waals surface area contributed by atoms with Gasteiger partial charge in [-0.2, -0.15) is 15.4 Å². The molecule has 6 fully saturated rings. The highest BCUT2D eigenvalue weighted by Gasteiger charge is 2.47. The lowest BCUT2D eigenvalue weighted by atomic mass is 9.77. The van der Waals surface area contributed by atoms with Gasteiger partial charge in [0.25, 0.3) is 0 Å². The van der Waals surface area contributed by atoms with Crippen molar-refractivity contribution in [2.24, 2.45) is 5.92 Å². The largest absolute Gasteiger partial charge is 0.278 e. The topological polar surface area (TPSA) is 33.8 Å². The summed E-state index contributed by atoms with van der Waals surface area (Å²) < 4.78 is 50.3. The molecule has 370 valence electrons. The van der Waals surface area contributed by atoms with Crippen LogP contribution < -0.4 is 26.2 Å². The van der Waals surface area contributed by atoms with E-state index >= 15 is 13.2 Å². The standard InChI is InChI=1S/C62H76F3N5/c1-43-18-16-30-56(60(43)47-23-10-4-11-24-47)67-69(59-41-50(64)32-34-51(59)45-19-6-2-7-20-45)70(57-35-33-49(63)40-52(57)46-21-8-3-9-22-46)68(58-31-17-28-54(65)61(58)48-25-12-5-13-26-48)66-55-29-15-14-27-53(55)62-38-36-44(42-62)37-39-62/h14-18,27-35,40-41,44-48,66-67H,2-13,19-26,36-39,42H2,1H3. The third-order valence-corrected chi connectivity index (χ3v) is 18.2. The maximum atomic E-state index is 17.4. The number of anilines is 5. The molecule has 0 spiro atoms. The van der Waals surface area contributed by atoms with Crippen molar-refractivity contribution < 1.29 is 13.2 Å². The summed E-state index contributed by atoms with van der Waals surface area (Å²) in [7, 11) is 0. The van der Waals surface area contributed by atoms with Crippen molar-refractivity contribution in [3.05, 3.63) is 148 Å². The first-order valence-electron chi connectivity index (χ1n) is 27.8. The fourth-order valence-electron chi connectivity index (χ4n) is 14.7. The fraction of sp³-hybridized carbons (Fsp3) is 0.516. The van der Waals surface area contributed by atoms with Gasteiger partial charge in [0.2, 0.25) is 0 Å². The fourth-order valence-corrected chi connectivity index (χ4v) is 14.7. The third-order valence-electron chi connectivity index (χ3n) is 18.2. The molecule has 6 aliphatic rings. The van der Waals surface area contributed by atoms with E-state index in [-0.39, 0.29) is 40.6 Å². The van der Waals surface area contributed by atoms with Crippen LogP contribution >= 0.6 is 0 Å². The molecule has 5 aromatic rings. The first kappa shape index (κ1) is 47.2. The van der Waals surface area contributed by atoms with Crippen LogP contribution in [0.5, 0.6) is 0 Å². The minimum absolute atomic E-state index is 0.00412. The number of hydrogen-bond donors (Lipinski definition) is 2. The summed E-state index contributed by atoms with van der Waals surface area (Å²) in [6, 6.07) is 31.7. The summed E-state index contributed by atoms with van der Waals surface area (Å²) in [5.74, 6) is 0.605. The Hall–Kier alpha value is -5.11. The van der Waals surface area contributed by atoms with E-state index in [0.29, 0.717) is 22.9 Å². The van der Waals surface area contributed by atoms with E-state index in [1.807, 2.05) is 18.2 Å². The Bertz CT molecular complexity index is 2580. The lowest BCUT2D eigenvalue weighted by molar-refractivity contribution is 0.419. The van der Waals surface area contributed by atoms with Gasteiger partial charge < -0.3 is 0 Å². The molecule has 11 rings (SSSR count). The van der Waals surface area contributed by atoms with Gasteiger partial charge in [0.05, 0.1) is 28.4 Å². The van der Waals surface area contributed by atoms with Gasteiger partial charge in [-0.05, 0) is 202 Å². The van der Waals surface area contributed by atoms with Crippen molar-refractivity contribution in [3.63, 3.8) is 0 Å². The number of para-hydroxylation sites is 1. The molecule has 0 atom stereocenters. The molecule has 2 bridgehead atoms. The second kappa shape index (κ2) is 20.9. The van der Waals surface area contributed by atoms with E-state index < -0.39 is 0 Å². The number of rotatable bonds is 14. The first-order valence-corrected chi connectivity index (χ1v) is 27.8. The van der Waals surface area contributed by atoms with Crippen LogP contribution in [-0.2, 0) is 5.41 Å². The van der Waals surface area contributed by atoms with Crippen molar-refractivity contribution >= 4 is 28.4 Å². The molecule has 0 saturated heterocycles. The molecule has 6 aliphatic carbocycles. The van der Waals surface area contributed by atoms with Crippen molar-refractivity contribution in [1.29, 1.82) is 0 Å². The van der Waals surface area contributed by atoms with Gasteiger partial charge in [-0.15, -0.1) is 0 Å². The predicted octanol–water partition coefficient (Wildman–Crippen LogP) is 18.1. The Morgan fingerprint density at radius 1 is 0.457 bits per heavy atom. The molecule has 8 heteroatoms. The van der Waals surface area contributed by atoms with Gasteiger partial charge in [-0.1, -0.05) is 120 Å². The quantitative estimate of drug-likeness (QED) is 0.108. The van der Waals surface area contributed by atoms with Crippen LogP contribution in [0.2, 0.25) is 0 Å². The summed E-state index contributed by atoms with van der Waals surface area (Å²) in [4.78, 5) is 0.